The topological polar surface area (TPSA) is 222 Å². The maximum Gasteiger partial charge on any atom is 1.00 e. The van der Waals surface area contributed by atoms with Gasteiger partial charge in [-0.05, 0) is 0 Å². The van der Waals surface area contributed by atoms with Crippen LogP contribution in [0.5, 0.6) is 0 Å². The Labute approximate surface area is 793 Å². The van der Waals surface area contributed by atoms with Crippen molar-refractivity contribution in [3.63, 3.8) is 0 Å². The molecule has 4 aromatic rings. The average Bonchev–Trinajstić information content (AvgIpc) is 0.820. The molecular formula is C72H112B4K4O24. The summed E-state index contributed by atoms with van der Waals surface area (Å²) in [4.78, 5) is 0. The Morgan fingerprint density at radius 2 is 0.173 bits per heavy atom. The number of hydrogen-bond donors (Lipinski definition) is 0. The first-order valence-corrected chi connectivity index (χ1v) is 35.5. The van der Waals surface area contributed by atoms with Gasteiger partial charge in [-0.25, -0.2) is 0 Å². The van der Waals surface area contributed by atoms with E-state index in [2.05, 4.69) is 126 Å². The van der Waals surface area contributed by atoms with Gasteiger partial charge in [0.05, 0.1) is 317 Å². The molecule has 6 heterocycles. The summed E-state index contributed by atoms with van der Waals surface area (Å²) in [7, 11) is 8.96. The van der Waals surface area contributed by atoms with Crippen LogP contribution >= 0.6 is 0 Å². The Kier molecular flexibility index (Phi) is 82.8. The van der Waals surface area contributed by atoms with Gasteiger partial charge in [0.15, 0.2) is 0 Å². The van der Waals surface area contributed by atoms with E-state index in [1.54, 1.807) is 0 Å². The van der Waals surface area contributed by atoms with Crippen LogP contribution in [0.3, 0.4) is 0 Å². The molecule has 32 heteroatoms. The summed E-state index contributed by atoms with van der Waals surface area (Å²) in [5.41, 5.74) is 10.5. The molecule has 4 fully saturated rings. The van der Waals surface area contributed by atoms with Gasteiger partial charge in [-0.3, -0.25) is 29.1 Å². The van der Waals surface area contributed by atoms with Crippen LogP contribution in [0.15, 0.2) is 97.1 Å². The molecule has 10 rings (SSSR count). The number of benzene rings is 4. The third-order valence-corrected chi connectivity index (χ3v) is 14.2. The van der Waals surface area contributed by atoms with E-state index in [1.807, 2.05) is 0 Å². The van der Waals surface area contributed by atoms with Crippen molar-refractivity contribution < 1.29 is 319 Å². The van der Waals surface area contributed by atoms with Crippen LogP contribution in [0, 0.1) is 0 Å². The SMILES string of the molecule is C1COCCOCCOCCOCCOCCO1.C1COCCOCCOCCOCCOCCO1.C1COCCOCCOCCOCCOCCO1.C1COCCOCCOCCOCCOCCO1.[B-]1c2ccccc2[B-]c2ccccc21.[B-]1c2ccccc2[B-]c2ccccc21.[K+].[K+].[K+].[K+]. The fourth-order valence-electron chi connectivity index (χ4n) is 9.04. The molecule has 0 aliphatic carbocycles. The van der Waals surface area contributed by atoms with E-state index in [9.17, 15) is 0 Å². The Bertz CT molecular complexity index is 1750. The molecule has 0 amide bonds. The minimum atomic E-state index is 0. The fraction of sp³-hybridized carbons (Fsp3) is 0.667. The molecule has 8 radical (unpaired) electrons. The molecule has 0 unspecified atom stereocenters. The van der Waals surface area contributed by atoms with Crippen molar-refractivity contribution in [2.45, 2.75) is 0 Å². The maximum absolute atomic E-state index is 5.33. The van der Waals surface area contributed by atoms with Crippen LogP contribution in [0.25, 0.3) is 0 Å². The van der Waals surface area contributed by atoms with E-state index in [0.29, 0.717) is 317 Å². The summed E-state index contributed by atoms with van der Waals surface area (Å²) in [6.07, 6.45) is 0. The van der Waals surface area contributed by atoms with Gasteiger partial charge >= 0.3 is 206 Å². The molecular weight excluding hydrogens is 1450 g/mol. The van der Waals surface area contributed by atoms with E-state index < -0.39 is 0 Å². The zero-order valence-electron chi connectivity index (χ0n) is 63.3. The van der Waals surface area contributed by atoms with Crippen molar-refractivity contribution in [3.05, 3.63) is 97.1 Å². The van der Waals surface area contributed by atoms with Gasteiger partial charge in [0.1, 0.15) is 0 Å². The predicted octanol–water partition coefficient (Wildman–Crippen LogP) is -13.0. The maximum atomic E-state index is 5.33. The molecule has 0 bridgehead atoms. The van der Waals surface area contributed by atoms with Gasteiger partial charge in [0.2, 0.25) is 0 Å². The third kappa shape index (κ3) is 62.1. The molecule has 4 saturated heterocycles. The second-order valence-corrected chi connectivity index (χ2v) is 21.8. The number of fused-ring (bicyclic) bond motifs is 4. The van der Waals surface area contributed by atoms with Crippen LogP contribution in [-0.4, -0.2) is 346 Å². The smallest absolute Gasteiger partial charge is 0.377 e. The van der Waals surface area contributed by atoms with Crippen molar-refractivity contribution in [2.75, 3.05) is 317 Å². The molecule has 0 N–H and O–H groups in total. The molecule has 0 saturated carbocycles. The van der Waals surface area contributed by atoms with Gasteiger partial charge < -0.3 is 157 Å². The van der Waals surface area contributed by atoms with Crippen molar-refractivity contribution in [2.24, 2.45) is 0 Å². The molecule has 0 atom stereocenters. The fourth-order valence-corrected chi connectivity index (χ4v) is 9.04. The van der Waals surface area contributed by atoms with E-state index in [-0.39, 0.29) is 206 Å². The van der Waals surface area contributed by atoms with Crippen LogP contribution in [0.1, 0.15) is 0 Å². The van der Waals surface area contributed by atoms with E-state index in [4.69, 9.17) is 114 Å². The molecule has 6 aliphatic heterocycles. The van der Waals surface area contributed by atoms with E-state index >= 15 is 0 Å². The zero-order chi connectivity index (χ0) is 69.7. The van der Waals surface area contributed by atoms with Crippen LogP contribution in [0.2, 0.25) is 0 Å². The Morgan fingerprint density at radius 3 is 0.231 bits per heavy atom. The predicted molar refractivity (Wildman–Crippen MR) is 386 cm³/mol. The Hall–Kier alpha value is 2.73. The quantitative estimate of drug-likeness (QED) is 0.129. The summed E-state index contributed by atoms with van der Waals surface area (Å²) in [5, 5.41) is 0. The standard InChI is InChI=1S/2C12H8B2.4C12H24O6.4K/c2*1-2-6-10-9(5-1)13-11-7-3-4-8-12(11)14-10;4*1-2-14-5-6-16-9-10-18-12-11-17-8-7-15-4-3-13-1;;;;/h2*1-8H;4*1-12H2;;;;/q2*-2;;;;;4*+1. The van der Waals surface area contributed by atoms with Gasteiger partial charge in [0, 0.05) is 0 Å². The second-order valence-electron chi connectivity index (χ2n) is 21.8. The zero-order valence-corrected chi connectivity index (χ0v) is 75.8. The van der Waals surface area contributed by atoms with Gasteiger partial charge in [-0.2, -0.15) is 0 Å². The van der Waals surface area contributed by atoms with Crippen LogP contribution in [-0.2, 0) is 114 Å². The number of ether oxygens (including phenoxy) is 24. The van der Waals surface area contributed by atoms with Crippen molar-refractivity contribution in [3.8, 4) is 0 Å². The summed E-state index contributed by atoms with van der Waals surface area (Å²) < 4.78 is 128. The molecule has 560 valence electrons. The number of rotatable bonds is 0. The Morgan fingerprint density at radius 1 is 0.115 bits per heavy atom. The normalized spacial score (nSPS) is 20.2. The van der Waals surface area contributed by atoms with Gasteiger partial charge in [-0.15, -0.1) is 48.5 Å². The molecule has 0 aromatic heterocycles. The van der Waals surface area contributed by atoms with Gasteiger partial charge in [0.25, 0.3) is 0 Å². The largest absolute Gasteiger partial charge is 1.00 e. The third-order valence-electron chi connectivity index (χ3n) is 14.2. The first kappa shape index (κ1) is 105. The second kappa shape index (κ2) is 82.3. The first-order valence-electron chi connectivity index (χ1n) is 35.5. The minimum Gasteiger partial charge on any atom is -0.377 e. The molecule has 104 heavy (non-hydrogen) atoms. The van der Waals surface area contributed by atoms with Gasteiger partial charge in [-0.1, -0.05) is 48.5 Å². The minimum absolute atomic E-state index is 0. The van der Waals surface area contributed by atoms with Crippen molar-refractivity contribution >= 4 is 72.8 Å². The monoisotopic (exact) mass is 1560 g/mol. The average molecular weight is 1560 g/mol. The van der Waals surface area contributed by atoms with E-state index in [0.717, 1.165) is 0 Å². The van der Waals surface area contributed by atoms with Crippen LogP contribution < -0.4 is 249 Å². The van der Waals surface area contributed by atoms with Crippen molar-refractivity contribution in [1.29, 1.82) is 0 Å². The number of hydrogen-bond acceptors (Lipinski definition) is 24. The summed E-state index contributed by atoms with van der Waals surface area (Å²) in [6, 6.07) is 33.9. The van der Waals surface area contributed by atoms with Crippen LogP contribution in [0.4, 0.5) is 0 Å². The van der Waals surface area contributed by atoms with Crippen molar-refractivity contribution in [1.82, 2.24) is 0 Å². The Balaban J connectivity index is 0.000000620. The summed E-state index contributed by atoms with van der Waals surface area (Å²) >= 11 is 0. The summed E-state index contributed by atoms with van der Waals surface area (Å²) in [6.45, 7) is 28.1. The molecule has 6 aliphatic rings. The molecule has 0 spiro atoms. The molecule has 24 nitrogen and oxygen atoms in total. The molecule has 4 aromatic carbocycles. The summed E-state index contributed by atoms with van der Waals surface area (Å²) in [5.74, 6) is 0. The first-order chi connectivity index (χ1) is 49.9. The van der Waals surface area contributed by atoms with E-state index in [1.165, 1.54) is 43.7 Å².